The quantitative estimate of drug-likeness (QED) is 0.778. The van der Waals surface area contributed by atoms with E-state index in [9.17, 15) is 13.2 Å². The predicted octanol–water partition coefficient (Wildman–Crippen LogP) is 3.68. The molecule has 0 aliphatic rings. The maximum atomic E-state index is 12.5. The maximum absolute atomic E-state index is 12.5. The van der Waals surface area contributed by atoms with Gasteiger partial charge < -0.3 is 5.32 Å². The summed E-state index contributed by atoms with van der Waals surface area (Å²) in [5.74, 6) is -0.386. The van der Waals surface area contributed by atoms with Crippen molar-refractivity contribution in [3.63, 3.8) is 0 Å². The normalized spacial score (nSPS) is 12.5. The first-order valence-corrected chi connectivity index (χ1v) is 10.5. The Hall–Kier alpha value is -2.05. The lowest BCUT2D eigenvalue weighted by atomic mass is 10.0. The molecule has 2 rings (SSSR count). The van der Waals surface area contributed by atoms with Crippen molar-refractivity contribution in [2.75, 3.05) is 17.1 Å². The second kappa shape index (κ2) is 8.56. The fraction of sp³-hybridized carbons (Fsp3) is 0.316. The smallest absolute Gasteiger partial charge is 0.241 e. The van der Waals surface area contributed by atoms with Gasteiger partial charge in [-0.2, -0.15) is 0 Å². The summed E-state index contributed by atoms with van der Waals surface area (Å²) in [4.78, 5) is 12.5. The molecule has 1 N–H and O–H groups in total. The first-order chi connectivity index (χ1) is 12.2. The van der Waals surface area contributed by atoms with E-state index in [-0.39, 0.29) is 29.2 Å². The molecule has 0 radical (unpaired) electrons. The number of nitrogens with zero attached hydrogens (tertiary/aromatic N) is 1. The zero-order valence-corrected chi connectivity index (χ0v) is 16.6. The van der Waals surface area contributed by atoms with Gasteiger partial charge >= 0.3 is 0 Å². The van der Waals surface area contributed by atoms with Crippen LogP contribution in [0, 0.1) is 6.92 Å². The topological polar surface area (TPSA) is 66.5 Å². The van der Waals surface area contributed by atoms with Crippen LogP contribution < -0.4 is 9.62 Å². The highest BCUT2D eigenvalue weighted by Crippen LogP contribution is 2.27. The number of hydrogen-bond donors (Lipinski definition) is 1. The highest BCUT2D eigenvalue weighted by molar-refractivity contribution is 7.92. The molecule has 1 amide bonds. The number of amides is 1. The van der Waals surface area contributed by atoms with Crippen molar-refractivity contribution in [1.29, 1.82) is 0 Å². The van der Waals surface area contributed by atoms with Gasteiger partial charge in [-0.1, -0.05) is 60.5 Å². The Balaban J connectivity index is 2.19. The lowest BCUT2D eigenvalue weighted by Gasteiger charge is -2.24. The van der Waals surface area contributed by atoms with E-state index >= 15 is 0 Å². The van der Waals surface area contributed by atoms with Gasteiger partial charge in [-0.15, -0.1) is 0 Å². The van der Waals surface area contributed by atoms with Crippen molar-refractivity contribution in [2.24, 2.45) is 0 Å². The molecule has 0 bridgehead atoms. The summed E-state index contributed by atoms with van der Waals surface area (Å²) in [6.07, 6.45) is 1.75. The van der Waals surface area contributed by atoms with Gasteiger partial charge in [0.05, 0.1) is 23.0 Å². The second-order valence-electron chi connectivity index (χ2n) is 6.16. The number of nitrogens with one attached hydrogen (secondary N) is 1. The van der Waals surface area contributed by atoms with Gasteiger partial charge in [-0.3, -0.25) is 9.10 Å². The summed E-state index contributed by atoms with van der Waals surface area (Å²) in [7, 11) is -3.66. The zero-order valence-electron chi connectivity index (χ0n) is 15.1. The molecule has 140 valence electrons. The lowest BCUT2D eigenvalue weighted by molar-refractivity contribution is -0.120. The highest BCUT2D eigenvalue weighted by atomic mass is 35.5. The van der Waals surface area contributed by atoms with E-state index in [1.807, 2.05) is 38.1 Å². The number of benzene rings is 2. The summed E-state index contributed by atoms with van der Waals surface area (Å²) in [5.41, 5.74) is 2.40. The van der Waals surface area contributed by atoms with Gasteiger partial charge in [0.1, 0.15) is 6.54 Å². The molecule has 0 aliphatic heterocycles. The highest BCUT2D eigenvalue weighted by Gasteiger charge is 2.24. The van der Waals surface area contributed by atoms with E-state index in [4.69, 9.17) is 11.6 Å². The molecule has 1 atom stereocenters. The first-order valence-electron chi connectivity index (χ1n) is 8.30. The lowest BCUT2D eigenvalue weighted by Crippen LogP contribution is -2.41. The zero-order chi connectivity index (χ0) is 19.3. The minimum Gasteiger partial charge on any atom is -0.348 e. The number of carbonyl (C=O) groups excluding carboxylic acids is 1. The van der Waals surface area contributed by atoms with Crippen LogP contribution in [0.1, 0.15) is 30.5 Å². The predicted molar refractivity (Wildman–Crippen MR) is 106 cm³/mol. The van der Waals surface area contributed by atoms with Crippen molar-refractivity contribution in [3.8, 4) is 0 Å². The Morgan fingerprint density at radius 1 is 1.15 bits per heavy atom. The molecule has 0 aromatic heterocycles. The molecular weight excluding hydrogens is 372 g/mol. The van der Waals surface area contributed by atoms with Gasteiger partial charge in [-0.25, -0.2) is 8.42 Å². The number of rotatable bonds is 7. The van der Waals surface area contributed by atoms with Crippen LogP contribution in [0.25, 0.3) is 0 Å². The molecule has 26 heavy (non-hydrogen) atoms. The van der Waals surface area contributed by atoms with Crippen LogP contribution in [0.15, 0.2) is 48.5 Å². The molecular formula is C19H23ClN2O3S. The number of carbonyl (C=O) groups is 1. The average molecular weight is 395 g/mol. The Morgan fingerprint density at radius 2 is 1.77 bits per heavy atom. The van der Waals surface area contributed by atoms with Crippen LogP contribution >= 0.6 is 11.6 Å². The standard InChI is InChI=1S/C19H23ClN2O3S/c1-4-17(15-11-9-14(2)10-12-15)21-19(23)13-22(26(3,24)25)18-8-6-5-7-16(18)20/h5-12,17H,4,13H2,1-3H3,(H,21,23)/t17-/m1/s1. The second-order valence-corrected chi connectivity index (χ2v) is 8.47. The van der Waals surface area contributed by atoms with Crippen molar-refractivity contribution in [1.82, 2.24) is 5.32 Å². The molecule has 0 fully saturated rings. The van der Waals surface area contributed by atoms with E-state index in [2.05, 4.69) is 5.32 Å². The fourth-order valence-electron chi connectivity index (χ4n) is 2.63. The Labute approximate surface area is 160 Å². The SMILES string of the molecule is CC[C@@H](NC(=O)CN(c1ccccc1Cl)S(C)(=O)=O)c1ccc(C)cc1. The van der Waals surface area contributed by atoms with Gasteiger partial charge in [-0.05, 0) is 31.0 Å². The first kappa shape index (κ1) is 20.3. The van der Waals surface area contributed by atoms with E-state index < -0.39 is 10.0 Å². The summed E-state index contributed by atoms with van der Waals surface area (Å²) >= 11 is 6.11. The summed E-state index contributed by atoms with van der Waals surface area (Å²) < 4.78 is 25.4. The van der Waals surface area contributed by atoms with Crippen molar-refractivity contribution in [3.05, 3.63) is 64.7 Å². The van der Waals surface area contributed by atoms with Crippen molar-refractivity contribution in [2.45, 2.75) is 26.3 Å². The van der Waals surface area contributed by atoms with Crippen molar-refractivity contribution < 1.29 is 13.2 Å². The molecule has 0 heterocycles. The molecule has 2 aromatic carbocycles. The van der Waals surface area contributed by atoms with Crippen LogP contribution in [0.5, 0.6) is 0 Å². The van der Waals surface area contributed by atoms with Gasteiger partial charge in [0.25, 0.3) is 0 Å². The monoisotopic (exact) mass is 394 g/mol. The van der Waals surface area contributed by atoms with E-state index in [1.165, 1.54) is 0 Å². The molecule has 2 aromatic rings. The number of anilines is 1. The molecule has 0 aliphatic carbocycles. The van der Waals surface area contributed by atoms with Crippen LogP contribution in [-0.2, 0) is 14.8 Å². The van der Waals surface area contributed by atoms with Crippen LogP contribution in [-0.4, -0.2) is 27.1 Å². The summed E-state index contributed by atoms with van der Waals surface area (Å²) in [6.45, 7) is 3.63. The third-order valence-corrected chi connectivity index (χ3v) is 5.48. The van der Waals surface area contributed by atoms with Gasteiger partial charge in [0.15, 0.2) is 0 Å². The minimum atomic E-state index is -3.66. The number of hydrogen-bond acceptors (Lipinski definition) is 3. The number of sulfonamides is 1. The minimum absolute atomic E-state index is 0.184. The largest absolute Gasteiger partial charge is 0.348 e. The van der Waals surface area contributed by atoms with E-state index in [1.54, 1.807) is 24.3 Å². The molecule has 0 unspecified atom stereocenters. The average Bonchev–Trinajstić information content (AvgIpc) is 2.58. The third-order valence-electron chi connectivity index (χ3n) is 4.03. The number of halogens is 1. The Bertz CT molecular complexity index is 867. The Morgan fingerprint density at radius 3 is 2.31 bits per heavy atom. The summed E-state index contributed by atoms with van der Waals surface area (Å²) in [6, 6.07) is 14.3. The van der Waals surface area contributed by atoms with Crippen LogP contribution in [0.4, 0.5) is 5.69 Å². The fourth-order valence-corrected chi connectivity index (χ4v) is 3.78. The molecule has 5 nitrogen and oxygen atoms in total. The molecule has 0 saturated heterocycles. The maximum Gasteiger partial charge on any atom is 0.241 e. The van der Waals surface area contributed by atoms with Gasteiger partial charge in [0.2, 0.25) is 15.9 Å². The molecule has 0 saturated carbocycles. The Kier molecular flexibility index (Phi) is 6.67. The van der Waals surface area contributed by atoms with Crippen molar-refractivity contribution >= 4 is 33.2 Å². The summed E-state index contributed by atoms with van der Waals surface area (Å²) in [5, 5.41) is 3.18. The van der Waals surface area contributed by atoms with Gasteiger partial charge in [0, 0.05) is 0 Å². The van der Waals surface area contributed by atoms with Crippen LogP contribution in [0.2, 0.25) is 5.02 Å². The van der Waals surface area contributed by atoms with Crippen LogP contribution in [0.3, 0.4) is 0 Å². The molecule has 0 spiro atoms. The number of aryl methyl sites for hydroxylation is 1. The van der Waals surface area contributed by atoms with E-state index in [0.717, 1.165) is 21.7 Å². The molecule has 7 heteroatoms. The van der Waals surface area contributed by atoms with E-state index in [0.29, 0.717) is 6.42 Å². The third kappa shape index (κ3) is 5.22. The number of para-hydroxylation sites is 1.